The lowest BCUT2D eigenvalue weighted by Gasteiger charge is -2.05. The van der Waals surface area contributed by atoms with Crippen LogP contribution in [0.25, 0.3) is 51.4 Å². The summed E-state index contributed by atoms with van der Waals surface area (Å²) in [6.07, 6.45) is 0. The first-order valence-corrected chi connectivity index (χ1v) is 11.0. The van der Waals surface area contributed by atoms with E-state index in [1.165, 1.54) is 0 Å². The Morgan fingerprint density at radius 3 is 1.65 bits per heavy atom. The van der Waals surface area contributed by atoms with Gasteiger partial charge in [0.2, 0.25) is 11.8 Å². The van der Waals surface area contributed by atoms with E-state index in [9.17, 15) is 0 Å². The molecule has 0 bridgehead atoms. The molecule has 0 aliphatic heterocycles. The summed E-state index contributed by atoms with van der Waals surface area (Å²) < 4.78 is 8.04. The molecule has 6 aromatic rings. The highest BCUT2D eigenvalue weighted by Crippen LogP contribution is 2.26. The van der Waals surface area contributed by atoms with Crippen molar-refractivity contribution >= 4 is 0 Å². The van der Waals surface area contributed by atoms with Crippen molar-refractivity contribution in [1.82, 2.24) is 20.4 Å². The highest BCUT2D eigenvalue weighted by Gasteiger charge is 2.24. The molecule has 162 valence electrons. The van der Waals surface area contributed by atoms with Gasteiger partial charge in [0.1, 0.15) is 5.69 Å². The Morgan fingerprint density at radius 1 is 0.529 bits per heavy atom. The minimum Gasteiger partial charge on any atom is -0.416 e. The van der Waals surface area contributed by atoms with Gasteiger partial charge >= 0.3 is 5.82 Å². The second kappa shape index (κ2) is 8.60. The first-order valence-electron chi connectivity index (χ1n) is 11.0. The van der Waals surface area contributed by atoms with E-state index in [4.69, 9.17) is 4.42 Å². The molecule has 0 amide bonds. The molecule has 0 saturated heterocycles. The van der Waals surface area contributed by atoms with Crippen molar-refractivity contribution in [1.29, 1.82) is 0 Å². The Hall–Kier alpha value is -4.84. The van der Waals surface area contributed by atoms with E-state index >= 15 is 0 Å². The zero-order valence-electron chi connectivity index (χ0n) is 18.2. The molecule has 6 heteroatoms. The third kappa shape index (κ3) is 3.67. The number of H-pyrrole nitrogens is 1. The number of benzene rings is 4. The van der Waals surface area contributed by atoms with Gasteiger partial charge in [-0.15, -0.1) is 15.3 Å². The number of hydrogen-bond acceptors (Lipinski definition) is 4. The fourth-order valence-corrected chi connectivity index (χ4v) is 3.92. The van der Waals surface area contributed by atoms with Crippen molar-refractivity contribution in [2.45, 2.75) is 0 Å². The summed E-state index contributed by atoms with van der Waals surface area (Å²) in [6, 6.07) is 38.1. The third-order valence-electron chi connectivity index (χ3n) is 5.60. The molecule has 2 aromatic heterocycles. The molecular formula is C28H20N5O+. The van der Waals surface area contributed by atoms with Crippen LogP contribution in [0, 0.1) is 0 Å². The summed E-state index contributed by atoms with van der Waals surface area (Å²) >= 11 is 0. The molecular weight excluding hydrogens is 422 g/mol. The molecule has 0 spiro atoms. The third-order valence-corrected chi connectivity index (χ3v) is 5.60. The highest BCUT2D eigenvalue weighted by molar-refractivity contribution is 5.63. The number of aromatic nitrogens is 5. The van der Waals surface area contributed by atoms with Gasteiger partial charge in [-0.3, -0.25) is 0 Å². The molecule has 6 nitrogen and oxygen atoms in total. The van der Waals surface area contributed by atoms with Crippen molar-refractivity contribution in [3.05, 3.63) is 115 Å². The number of nitrogens with zero attached hydrogens (tertiary/aromatic N) is 4. The molecule has 34 heavy (non-hydrogen) atoms. The van der Waals surface area contributed by atoms with Crippen LogP contribution in [0.5, 0.6) is 0 Å². The molecule has 0 atom stereocenters. The molecule has 0 radical (unpaired) electrons. The van der Waals surface area contributed by atoms with E-state index in [1.54, 1.807) is 0 Å². The monoisotopic (exact) mass is 442 g/mol. The topological polar surface area (TPSA) is 71.5 Å². The Balaban J connectivity index is 1.38. The summed E-state index contributed by atoms with van der Waals surface area (Å²) in [6.45, 7) is 0. The van der Waals surface area contributed by atoms with E-state index in [1.807, 2.05) is 91.0 Å². The molecule has 2 heterocycles. The van der Waals surface area contributed by atoms with E-state index in [2.05, 4.69) is 49.2 Å². The van der Waals surface area contributed by atoms with Crippen LogP contribution in [0.3, 0.4) is 0 Å². The van der Waals surface area contributed by atoms with Gasteiger partial charge in [0, 0.05) is 16.2 Å². The van der Waals surface area contributed by atoms with Crippen LogP contribution in [0.2, 0.25) is 0 Å². The van der Waals surface area contributed by atoms with Crippen LogP contribution in [0.15, 0.2) is 120 Å². The van der Waals surface area contributed by atoms with Crippen LogP contribution >= 0.6 is 0 Å². The smallest absolute Gasteiger partial charge is 0.314 e. The maximum Gasteiger partial charge on any atom is 0.314 e. The van der Waals surface area contributed by atoms with Gasteiger partial charge in [-0.1, -0.05) is 54.6 Å². The molecule has 0 saturated carbocycles. The lowest BCUT2D eigenvalue weighted by Crippen LogP contribution is -2.33. The number of nitrogens with one attached hydrogen (secondary N) is 1. The van der Waals surface area contributed by atoms with Gasteiger partial charge in [-0.05, 0) is 60.7 Å². The molecule has 0 fully saturated rings. The number of aromatic amines is 1. The standard InChI is InChI=1S/C28H19N5O/c1-4-10-20(11-5-1)25-29-30-26(33(25)24-14-8-3-9-15-24)21-16-18-23(19-17-21)28-32-31-27(34-28)22-12-6-2-7-13-22/h1-19H/p+1. The second-order valence-electron chi connectivity index (χ2n) is 7.79. The summed E-state index contributed by atoms with van der Waals surface area (Å²) in [4.78, 5) is 0. The van der Waals surface area contributed by atoms with Crippen molar-refractivity contribution in [2.75, 3.05) is 0 Å². The number of hydrogen-bond donors (Lipinski definition) is 1. The SMILES string of the molecule is c1ccc(-c2nnc(-c3ccc(-c4[nH]nc(-c5ccccc5)[n+]4-c4ccccc4)cc3)o2)cc1. The van der Waals surface area contributed by atoms with Crippen molar-refractivity contribution in [3.8, 4) is 51.4 Å². The van der Waals surface area contributed by atoms with Gasteiger partial charge in [-0.2, -0.15) is 4.57 Å². The van der Waals surface area contributed by atoms with Crippen molar-refractivity contribution < 1.29 is 8.98 Å². The van der Waals surface area contributed by atoms with Gasteiger partial charge in [0.05, 0.1) is 11.1 Å². The Labute approximate surface area is 196 Å². The first-order chi connectivity index (χ1) is 16.9. The quantitative estimate of drug-likeness (QED) is 0.346. The molecule has 1 N–H and O–H groups in total. The average Bonchev–Trinajstić information content (AvgIpc) is 3.59. The van der Waals surface area contributed by atoms with Crippen LogP contribution in [-0.4, -0.2) is 20.4 Å². The van der Waals surface area contributed by atoms with Gasteiger partial charge < -0.3 is 4.42 Å². The second-order valence-corrected chi connectivity index (χ2v) is 7.79. The zero-order valence-corrected chi connectivity index (χ0v) is 18.2. The Kier molecular flexibility index (Phi) is 5.01. The normalized spacial score (nSPS) is 10.9. The van der Waals surface area contributed by atoms with Crippen molar-refractivity contribution in [2.24, 2.45) is 0 Å². The van der Waals surface area contributed by atoms with Gasteiger partial charge in [0.15, 0.2) is 0 Å². The van der Waals surface area contributed by atoms with Crippen LogP contribution < -0.4 is 4.57 Å². The molecule has 4 aromatic carbocycles. The Morgan fingerprint density at radius 2 is 1.03 bits per heavy atom. The first kappa shape index (κ1) is 19.8. The van der Waals surface area contributed by atoms with Crippen molar-refractivity contribution in [3.63, 3.8) is 0 Å². The molecule has 6 rings (SSSR count). The van der Waals surface area contributed by atoms with E-state index in [0.717, 1.165) is 39.6 Å². The van der Waals surface area contributed by atoms with Gasteiger partial charge in [0.25, 0.3) is 5.82 Å². The lowest BCUT2D eigenvalue weighted by atomic mass is 10.1. The lowest BCUT2D eigenvalue weighted by molar-refractivity contribution is -0.572. The van der Waals surface area contributed by atoms with Crippen LogP contribution in [0.4, 0.5) is 0 Å². The van der Waals surface area contributed by atoms with E-state index < -0.39 is 0 Å². The molecule has 0 aliphatic rings. The zero-order chi connectivity index (χ0) is 22.7. The highest BCUT2D eigenvalue weighted by atomic mass is 16.4. The minimum atomic E-state index is 0.482. The fourth-order valence-electron chi connectivity index (χ4n) is 3.92. The van der Waals surface area contributed by atoms with Gasteiger partial charge in [-0.25, -0.2) is 0 Å². The van der Waals surface area contributed by atoms with Crippen LogP contribution in [0.1, 0.15) is 0 Å². The number of rotatable bonds is 5. The number of para-hydroxylation sites is 1. The summed E-state index contributed by atoms with van der Waals surface area (Å²) in [5, 5.41) is 16.3. The van der Waals surface area contributed by atoms with Crippen LogP contribution in [-0.2, 0) is 0 Å². The summed E-state index contributed by atoms with van der Waals surface area (Å²) in [5.74, 6) is 2.71. The maximum absolute atomic E-state index is 5.91. The minimum absolute atomic E-state index is 0.482. The Bertz CT molecular complexity index is 1520. The molecule has 0 aliphatic carbocycles. The molecule has 0 unspecified atom stereocenters. The summed E-state index contributed by atoms with van der Waals surface area (Å²) in [7, 11) is 0. The predicted octanol–water partition coefficient (Wildman–Crippen LogP) is 5.74. The predicted molar refractivity (Wildman–Crippen MR) is 130 cm³/mol. The van der Waals surface area contributed by atoms with E-state index in [0.29, 0.717) is 11.8 Å². The largest absolute Gasteiger partial charge is 0.416 e. The average molecular weight is 443 g/mol. The fraction of sp³-hybridized carbons (Fsp3) is 0. The maximum atomic E-state index is 5.91. The summed E-state index contributed by atoms with van der Waals surface area (Å²) in [5.41, 5.74) is 4.80. The van der Waals surface area contributed by atoms with E-state index in [-0.39, 0.29) is 0 Å².